The highest BCUT2D eigenvalue weighted by Gasteiger charge is 2.20. The summed E-state index contributed by atoms with van der Waals surface area (Å²) in [5.74, 6) is 0.938. The number of nitrogens with one attached hydrogen (secondary N) is 1. The van der Waals surface area contributed by atoms with Gasteiger partial charge in [0.2, 0.25) is 5.82 Å². The molecule has 1 N–H and O–H groups in total. The number of hydrogen-bond acceptors (Lipinski definition) is 7. The maximum absolute atomic E-state index is 11.1. The van der Waals surface area contributed by atoms with Gasteiger partial charge < -0.3 is 10.2 Å². The van der Waals surface area contributed by atoms with Crippen molar-refractivity contribution < 1.29 is 4.92 Å². The number of aromatic nitrogens is 2. The van der Waals surface area contributed by atoms with Crippen LogP contribution in [0.5, 0.6) is 0 Å². The maximum Gasteiger partial charge on any atom is 0.311 e. The Labute approximate surface area is 120 Å². The molecule has 7 nitrogen and oxygen atoms in total. The van der Waals surface area contributed by atoms with Crippen LogP contribution in [0.4, 0.5) is 17.3 Å². The minimum absolute atomic E-state index is 0.00586. The molecular weight excluding hydrogens is 278 g/mol. The van der Waals surface area contributed by atoms with E-state index in [0.29, 0.717) is 18.2 Å². The zero-order valence-electron chi connectivity index (χ0n) is 11.5. The Morgan fingerprint density at radius 3 is 2.80 bits per heavy atom. The van der Waals surface area contributed by atoms with Crippen molar-refractivity contribution in [3.8, 4) is 0 Å². The second-order valence-corrected chi connectivity index (χ2v) is 5.20. The Balaban J connectivity index is 2.34. The minimum Gasteiger partial charge on any atom is -0.373 e. The number of pyridine rings is 1. The molecular formula is C12H15N5O2S. The first-order valence-corrected chi connectivity index (χ1v) is 6.84. The fraction of sp³-hybridized carbons (Fsp3) is 0.333. The molecule has 0 unspecified atom stereocenters. The van der Waals surface area contributed by atoms with Crippen LogP contribution in [-0.2, 0) is 6.54 Å². The van der Waals surface area contributed by atoms with E-state index in [1.807, 2.05) is 6.92 Å². The van der Waals surface area contributed by atoms with Crippen LogP contribution in [-0.4, -0.2) is 29.0 Å². The number of nitro groups is 1. The number of thiazole rings is 1. The summed E-state index contributed by atoms with van der Waals surface area (Å²) in [6.45, 7) is 2.46. The Hall–Kier alpha value is -2.22. The van der Waals surface area contributed by atoms with E-state index in [9.17, 15) is 10.1 Å². The summed E-state index contributed by atoms with van der Waals surface area (Å²) in [5.41, 5.74) is 2.70. The van der Waals surface area contributed by atoms with Crippen molar-refractivity contribution in [2.75, 3.05) is 24.3 Å². The van der Waals surface area contributed by atoms with Crippen LogP contribution in [0.3, 0.4) is 0 Å². The molecule has 0 saturated heterocycles. The van der Waals surface area contributed by atoms with Gasteiger partial charge in [0.25, 0.3) is 0 Å². The normalized spacial score (nSPS) is 10.3. The van der Waals surface area contributed by atoms with Gasteiger partial charge in [0.05, 0.1) is 22.7 Å². The standard InChI is InChI=1S/C12H15N5O2S/c1-8-10(20-7-14-8)6-16(3)12-9(17(18)19)4-5-11(13-2)15-12/h4-5,7H,6H2,1-3H3,(H,13,15). The predicted molar refractivity (Wildman–Crippen MR) is 79.4 cm³/mol. The van der Waals surface area contributed by atoms with Gasteiger partial charge in [-0.05, 0) is 13.0 Å². The summed E-state index contributed by atoms with van der Waals surface area (Å²) in [7, 11) is 3.51. The van der Waals surface area contributed by atoms with E-state index in [4.69, 9.17) is 0 Å². The van der Waals surface area contributed by atoms with Crippen LogP contribution >= 0.6 is 11.3 Å². The Bertz CT molecular complexity index is 628. The van der Waals surface area contributed by atoms with Crippen molar-refractivity contribution in [1.29, 1.82) is 0 Å². The summed E-state index contributed by atoms with van der Waals surface area (Å²) < 4.78 is 0. The lowest BCUT2D eigenvalue weighted by atomic mass is 10.3. The first-order chi connectivity index (χ1) is 9.52. The zero-order chi connectivity index (χ0) is 14.7. The van der Waals surface area contributed by atoms with Crippen molar-refractivity contribution >= 4 is 28.7 Å². The van der Waals surface area contributed by atoms with E-state index in [1.54, 1.807) is 30.6 Å². The van der Waals surface area contributed by atoms with Crippen LogP contribution in [0, 0.1) is 17.0 Å². The van der Waals surface area contributed by atoms with E-state index in [2.05, 4.69) is 15.3 Å². The largest absolute Gasteiger partial charge is 0.373 e. The number of anilines is 2. The average Bonchev–Trinajstić information content (AvgIpc) is 2.83. The highest BCUT2D eigenvalue weighted by atomic mass is 32.1. The molecule has 2 heterocycles. The van der Waals surface area contributed by atoms with Gasteiger partial charge in [0, 0.05) is 25.0 Å². The van der Waals surface area contributed by atoms with Crippen LogP contribution < -0.4 is 10.2 Å². The van der Waals surface area contributed by atoms with E-state index in [-0.39, 0.29) is 5.69 Å². The lowest BCUT2D eigenvalue weighted by Gasteiger charge is -2.18. The fourth-order valence-electron chi connectivity index (χ4n) is 1.77. The molecule has 0 aliphatic rings. The zero-order valence-corrected chi connectivity index (χ0v) is 12.3. The third kappa shape index (κ3) is 2.85. The van der Waals surface area contributed by atoms with Gasteiger partial charge in [-0.3, -0.25) is 10.1 Å². The summed E-state index contributed by atoms with van der Waals surface area (Å²) in [6, 6.07) is 3.05. The van der Waals surface area contributed by atoms with E-state index >= 15 is 0 Å². The smallest absolute Gasteiger partial charge is 0.311 e. The molecule has 2 rings (SSSR count). The van der Waals surface area contributed by atoms with E-state index < -0.39 is 4.92 Å². The third-order valence-corrected chi connectivity index (χ3v) is 3.81. The summed E-state index contributed by atoms with van der Waals surface area (Å²) in [4.78, 5) is 22.0. The molecule has 0 atom stereocenters. The van der Waals surface area contributed by atoms with Gasteiger partial charge in [-0.15, -0.1) is 11.3 Å². The highest BCUT2D eigenvalue weighted by molar-refractivity contribution is 7.09. The molecule has 8 heteroatoms. The molecule has 0 saturated carbocycles. The highest BCUT2D eigenvalue weighted by Crippen LogP contribution is 2.28. The number of hydrogen-bond donors (Lipinski definition) is 1. The Kier molecular flexibility index (Phi) is 4.14. The van der Waals surface area contributed by atoms with E-state index in [0.717, 1.165) is 10.6 Å². The number of nitrogens with zero attached hydrogens (tertiary/aromatic N) is 4. The first-order valence-electron chi connectivity index (χ1n) is 5.96. The monoisotopic (exact) mass is 293 g/mol. The molecule has 0 aromatic carbocycles. The topological polar surface area (TPSA) is 84.2 Å². The molecule has 0 fully saturated rings. The first kappa shape index (κ1) is 14.2. The van der Waals surface area contributed by atoms with Crippen molar-refractivity contribution in [3.63, 3.8) is 0 Å². The fourth-order valence-corrected chi connectivity index (χ4v) is 2.60. The molecule has 2 aromatic heterocycles. The summed E-state index contributed by atoms with van der Waals surface area (Å²) in [6.07, 6.45) is 0. The molecule has 0 radical (unpaired) electrons. The van der Waals surface area contributed by atoms with Crippen LogP contribution in [0.1, 0.15) is 10.6 Å². The van der Waals surface area contributed by atoms with Crippen molar-refractivity contribution in [3.05, 3.63) is 38.3 Å². The predicted octanol–water partition coefficient (Wildman–Crippen LogP) is 2.43. The van der Waals surface area contributed by atoms with Crippen LogP contribution in [0.15, 0.2) is 17.6 Å². The molecule has 0 aliphatic carbocycles. The SMILES string of the molecule is CNc1ccc([N+](=O)[O-])c(N(C)Cc2scnc2C)n1. The van der Waals surface area contributed by atoms with Gasteiger partial charge in [-0.25, -0.2) is 9.97 Å². The quantitative estimate of drug-likeness (QED) is 0.673. The summed E-state index contributed by atoms with van der Waals surface area (Å²) in [5, 5.41) is 14.0. The molecule has 20 heavy (non-hydrogen) atoms. The molecule has 2 aromatic rings. The van der Waals surface area contributed by atoms with Crippen molar-refractivity contribution in [2.24, 2.45) is 0 Å². The molecule has 0 spiro atoms. The van der Waals surface area contributed by atoms with Crippen molar-refractivity contribution in [1.82, 2.24) is 9.97 Å². The van der Waals surface area contributed by atoms with Gasteiger partial charge in [-0.2, -0.15) is 0 Å². The Morgan fingerprint density at radius 2 is 2.25 bits per heavy atom. The average molecular weight is 293 g/mol. The second-order valence-electron chi connectivity index (χ2n) is 4.26. The van der Waals surface area contributed by atoms with Crippen LogP contribution in [0.25, 0.3) is 0 Å². The number of aryl methyl sites for hydroxylation is 1. The lowest BCUT2D eigenvalue weighted by Crippen LogP contribution is -2.19. The van der Waals surface area contributed by atoms with Crippen LogP contribution in [0.2, 0.25) is 0 Å². The lowest BCUT2D eigenvalue weighted by molar-refractivity contribution is -0.384. The molecule has 106 valence electrons. The minimum atomic E-state index is -0.419. The number of rotatable bonds is 5. The van der Waals surface area contributed by atoms with Gasteiger partial charge in [-0.1, -0.05) is 0 Å². The third-order valence-electron chi connectivity index (χ3n) is 2.89. The summed E-state index contributed by atoms with van der Waals surface area (Å²) >= 11 is 1.53. The van der Waals surface area contributed by atoms with Gasteiger partial charge in [0.1, 0.15) is 5.82 Å². The maximum atomic E-state index is 11.1. The second kappa shape index (κ2) is 5.83. The van der Waals surface area contributed by atoms with E-state index in [1.165, 1.54) is 17.4 Å². The molecule has 0 amide bonds. The molecule has 0 aliphatic heterocycles. The molecule has 0 bridgehead atoms. The van der Waals surface area contributed by atoms with Gasteiger partial charge >= 0.3 is 5.69 Å². The Morgan fingerprint density at radius 1 is 1.50 bits per heavy atom. The van der Waals surface area contributed by atoms with Crippen molar-refractivity contribution in [2.45, 2.75) is 13.5 Å². The van der Waals surface area contributed by atoms with Gasteiger partial charge in [0.15, 0.2) is 0 Å².